The molecule has 1 aromatic carbocycles. The summed E-state index contributed by atoms with van der Waals surface area (Å²) in [6.07, 6.45) is 0. The summed E-state index contributed by atoms with van der Waals surface area (Å²) in [5, 5.41) is 3.83. The first-order valence-corrected chi connectivity index (χ1v) is 6.66. The van der Waals surface area contributed by atoms with Gasteiger partial charge in [0, 0.05) is 17.2 Å². The molecule has 1 aromatic heterocycles. The fraction of sp³-hybridized carbons (Fsp3) is 0.333. The van der Waals surface area contributed by atoms with Crippen molar-refractivity contribution in [2.24, 2.45) is 0 Å². The molecule has 1 N–H and O–H groups in total. The number of aromatic nitrogens is 2. The van der Waals surface area contributed by atoms with Crippen LogP contribution < -0.4 is 5.32 Å². The van der Waals surface area contributed by atoms with Crippen molar-refractivity contribution < 1.29 is 0 Å². The average Bonchev–Trinajstić information content (AvgIpc) is 2.36. The topological polar surface area (TPSA) is 37.8 Å². The van der Waals surface area contributed by atoms with Crippen molar-refractivity contribution >= 4 is 11.6 Å². The van der Waals surface area contributed by atoms with E-state index in [0.29, 0.717) is 17.5 Å². The highest BCUT2D eigenvalue weighted by atomic mass is 35.5. The van der Waals surface area contributed by atoms with E-state index in [-0.39, 0.29) is 5.54 Å². The lowest BCUT2D eigenvalue weighted by Gasteiger charge is -2.20. The van der Waals surface area contributed by atoms with Gasteiger partial charge >= 0.3 is 0 Å². The van der Waals surface area contributed by atoms with E-state index in [1.807, 2.05) is 30.3 Å². The van der Waals surface area contributed by atoms with E-state index in [0.717, 1.165) is 11.3 Å². The van der Waals surface area contributed by atoms with Crippen molar-refractivity contribution in [3.05, 3.63) is 47.4 Å². The van der Waals surface area contributed by atoms with Gasteiger partial charge in [0.2, 0.25) is 0 Å². The largest absolute Gasteiger partial charge is 0.305 e. The molecule has 0 unspecified atom stereocenters. The van der Waals surface area contributed by atoms with Crippen LogP contribution in [0.15, 0.2) is 36.4 Å². The molecule has 0 atom stereocenters. The van der Waals surface area contributed by atoms with Gasteiger partial charge in [0.05, 0.1) is 12.2 Å². The number of rotatable bonds is 3. The molecule has 0 saturated carbocycles. The lowest BCUT2D eigenvalue weighted by atomic mass is 10.1. The summed E-state index contributed by atoms with van der Waals surface area (Å²) in [5.41, 5.74) is 1.92. The molecule has 0 radical (unpaired) electrons. The summed E-state index contributed by atoms with van der Waals surface area (Å²) in [6.45, 7) is 6.92. The van der Waals surface area contributed by atoms with E-state index in [1.165, 1.54) is 0 Å². The highest BCUT2D eigenvalue weighted by molar-refractivity contribution is 6.29. The number of hydrogen-bond acceptors (Lipinski definition) is 3. The minimum atomic E-state index is 0.0264. The smallest absolute Gasteiger partial charge is 0.144 e. The third-order valence-corrected chi connectivity index (χ3v) is 2.78. The fourth-order valence-electron chi connectivity index (χ4n) is 1.64. The number of benzene rings is 1. The molecule has 0 aliphatic heterocycles. The quantitative estimate of drug-likeness (QED) is 0.868. The zero-order valence-electron chi connectivity index (χ0n) is 11.4. The fourth-order valence-corrected chi connectivity index (χ4v) is 1.85. The van der Waals surface area contributed by atoms with Crippen LogP contribution in [-0.4, -0.2) is 15.5 Å². The summed E-state index contributed by atoms with van der Waals surface area (Å²) < 4.78 is 0. The van der Waals surface area contributed by atoms with E-state index < -0.39 is 0 Å². The van der Waals surface area contributed by atoms with Crippen molar-refractivity contribution in [3.63, 3.8) is 0 Å². The number of nitrogens with zero attached hydrogens (tertiary/aromatic N) is 2. The lowest BCUT2D eigenvalue weighted by molar-refractivity contribution is 0.418. The van der Waals surface area contributed by atoms with Gasteiger partial charge in [0.15, 0.2) is 0 Å². The second kappa shape index (κ2) is 5.68. The van der Waals surface area contributed by atoms with Crippen LogP contribution in [0, 0.1) is 0 Å². The number of nitrogens with one attached hydrogen (secondary N) is 1. The minimum Gasteiger partial charge on any atom is -0.305 e. The first-order chi connectivity index (χ1) is 8.94. The minimum absolute atomic E-state index is 0.0264. The Morgan fingerprint density at radius 1 is 1.11 bits per heavy atom. The Labute approximate surface area is 119 Å². The van der Waals surface area contributed by atoms with Gasteiger partial charge < -0.3 is 5.32 Å². The summed E-state index contributed by atoms with van der Waals surface area (Å²) in [7, 11) is 0. The molecule has 19 heavy (non-hydrogen) atoms. The van der Waals surface area contributed by atoms with Gasteiger partial charge in [-0.3, -0.25) is 0 Å². The average molecular weight is 276 g/mol. The molecular weight excluding hydrogens is 258 g/mol. The molecule has 0 bridgehead atoms. The van der Waals surface area contributed by atoms with Gasteiger partial charge in [0.25, 0.3) is 0 Å². The Kier molecular flexibility index (Phi) is 4.17. The molecule has 0 aliphatic carbocycles. The molecule has 1 heterocycles. The van der Waals surface area contributed by atoms with E-state index in [4.69, 9.17) is 11.6 Å². The molecule has 3 nitrogen and oxygen atoms in total. The van der Waals surface area contributed by atoms with Crippen molar-refractivity contribution in [1.82, 2.24) is 15.3 Å². The van der Waals surface area contributed by atoms with Crippen molar-refractivity contribution in [2.45, 2.75) is 32.9 Å². The lowest BCUT2D eigenvalue weighted by Crippen LogP contribution is -2.35. The normalized spacial score (nSPS) is 11.6. The first-order valence-electron chi connectivity index (χ1n) is 6.28. The molecular formula is C15H18ClN3. The molecule has 100 valence electrons. The van der Waals surface area contributed by atoms with Crippen LogP contribution in [0.2, 0.25) is 5.15 Å². The molecule has 2 rings (SSSR count). The maximum absolute atomic E-state index is 6.07. The predicted molar refractivity (Wildman–Crippen MR) is 79.1 cm³/mol. The number of halogens is 1. The maximum atomic E-state index is 6.07. The molecule has 2 aromatic rings. The van der Waals surface area contributed by atoms with Crippen molar-refractivity contribution in [1.29, 1.82) is 0 Å². The van der Waals surface area contributed by atoms with E-state index in [2.05, 4.69) is 36.1 Å². The van der Waals surface area contributed by atoms with E-state index in [9.17, 15) is 0 Å². The van der Waals surface area contributed by atoms with Crippen LogP contribution in [0.4, 0.5) is 0 Å². The van der Waals surface area contributed by atoms with Crippen LogP contribution in [0.3, 0.4) is 0 Å². The molecule has 0 saturated heterocycles. The third-order valence-electron chi connectivity index (χ3n) is 2.59. The Morgan fingerprint density at radius 3 is 2.42 bits per heavy atom. The SMILES string of the molecule is CC(C)(C)NCc1nc(Cl)cc(-c2ccccc2)n1. The van der Waals surface area contributed by atoms with Crippen LogP contribution in [0.1, 0.15) is 26.6 Å². The molecule has 4 heteroatoms. The standard InChI is InChI=1S/C15H18ClN3/c1-15(2,3)17-10-14-18-12(9-13(16)19-14)11-7-5-4-6-8-11/h4-9,17H,10H2,1-3H3. The second-order valence-corrected chi connectivity index (χ2v) is 5.85. The van der Waals surface area contributed by atoms with Crippen molar-refractivity contribution in [2.75, 3.05) is 0 Å². The maximum Gasteiger partial charge on any atom is 0.144 e. The van der Waals surface area contributed by atoms with Gasteiger partial charge in [-0.1, -0.05) is 41.9 Å². The first kappa shape index (κ1) is 14.0. The zero-order valence-corrected chi connectivity index (χ0v) is 12.2. The Hall–Kier alpha value is -1.45. The Balaban J connectivity index is 2.25. The summed E-state index contributed by atoms with van der Waals surface area (Å²) in [4.78, 5) is 8.80. The summed E-state index contributed by atoms with van der Waals surface area (Å²) in [6, 6.07) is 11.8. The van der Waals surface area contributed by atoms with Crippen LogP contribution in [0.5, 0.6) is 0 Å². The zero-order chi connectivity index (χ0) is 13.9. The molecule has 0 fully saturated rings. The van der Waals surface area contributed by atoms with Gasteiger partial charge in [-0.25, -0.2) is 9.97 Å². The van der Waals surface area contributed by atoms with Gasteiger partial charge in [-0.15, -0.1) is 0 Å². The van der Waals surface area contributed by atoms with Gasteiger partial charge in [-0.2, -0.15) is 0 Å². The van der Waals surface area contributed by atoms with E-state index in [1.54, 1.807) is 6.07 Å². The Bertz CT molecular complexity index is 547. The molecule has 0 amide bonds. The van der Waals surface area contributed by atoms with Gasteiger partial charge in [-0.05, 0) is 20.8 Å². The monoisotopic (exact) mass is 275 g/mol. The van der Waals surface area contributed by atoms with Gasteiger partial charge in [0.1, 0.15) is 11.0 Å². The predicted octanol–water partition coefficient (Wildman–Crippen LogP) is 3.69. The highest BCUT2D eigenvalue weighted by Crippen LogP contribution is 2.19. The molecule has 0 spiro atoms. The van der Waals surface area contributed by atoms with E-state index >= 15 is 0 Å². The number of hydrogen-bond donors (Lipinski definition) is 1. The van der Waals surface area contributed by atoms with Crippen LogP contribution >= 0.6 is 11.6 Å². The Morgan fingerprint density at radius 2 is 1.79 bits per heavy atom. The van der Waals surface area contributed by atoms with Crippen LogP contribution in [0.25, 0.3) is 11.3 Å². The summed E-state index contributed by atoms with van der Waals surface area (Å²) >= 11 is 6.07. The van der Waals surface area contributed by atoms with Crippen LogP contribution in [-0.2, 0) is 6.54 Å². The third kappa shape index (κ3) is 4.30. The van der Waals surface area contributed by atoms with Crippen molar-refractivity contribution in [3.8, 4) is 11.3 Å². The second-order valence-electron chi connectivity index (χ2n) is 5.46. The summed E-state index contributed by atoms with van der Waals surface area (Å²) in [5.74, 6) is 0.710. The highest BCUT2D eigenvalue weighted by Gasteiger charge is 2.11. The molecule has 0 aliphatic rings.